The maximum absolute atomic E-state index is 11.0. The molecule has 88 valence electrons. The van der Waals surface area contributed by atoms with Crippen LogP contribution in [-0.2, 0) is 4.79 Å². The molecule has 1 aromatic heterocycles. The first-order chi connectivity index (χ1) is 8.20. The fraction of sp³-hybridized carbons (Fsp3) is 0.417. The number of carbonyl (C=O) groups excluding carboxylic acids is 1. The molecule has 1 aliphatic heterocycles. The van der Waals surface area contributed by atoms with Gasteiger partial charge in [0.15, 0.2) is 0 Å². The topological polar surface area (TPSA) is 83.0 Å². The summed E-state index contributed by atoms with van der Waals surface area (Å²) in [6, 6.07) is 5.63. The lowest BCUT2D eigenvalue weighted by Crippen LogP contribution is -2.38. The van der Waals surface area contributed by atoms with Gasteiger partial charge in [0.1, 0.15) is 11.9 Å². The predicted octanol–water partition coefficient (Wildman–Crippen LogP) is 0.655. The summed E-state index contributed by atoms with van der Waals surface area (Å²) in [5, 5.41) is 8.68. The molecule has 2 heterocycles. The number of hydrogen-bond acceptors (Lipinski definition) is 4. The highest BCUT2D eigenvalue weighted by atomic mass is 16.1. The Morgan fingerprint density at radius 1 is 1.47 bits per heavy atom. The Hall–Kier alpha value is -2.09. The number of rotatable bonds is 2. The first-order valence-corrected chi connectivity index (χ1v) is 5.61. The smallest absolute Gasteiger partial charge is 0.220 e. The number of pyridine rings is 1. The molecule has 17 heavy (non-hydrogen) atoms. The molecule has 5 heteroatoms. The normalized spacial score (nSPS) is 16.5. The molecule has 1 fully saturated rings. The number of nitrogens with zero attached hydrogens (tertiary/aromatic N) is 3. The number of nitriles is 1. The monoisotopic (exact) mass is 230 g/mol. The average Bonchev–Trinajstić information content (AvgIpc) is 2.39. The van der Waals surface area contributed by atoms with E-state index in [1.54, 1.807) is 12.3 Å². The lowest BCUT2D eigenvalue weighted by atomic mass is 9.96. The van der Waals surface area contributed by atoms with Gasteiger partial charge in [-0.3, -0.25) is 4.79 Å². The number of anilines is 1. The maximum Gasteiger partial charge on any atom is 0.220 e. The summed E-state index contributed by atoms with van der Waals surface area (Å²) in [4.78, 5) is 17.4. The molecule has 0 aromatic carbocycles. The van der Waals surface area contributed by atoms with Gasteiger partial charge in [-0.05, 0) is 25.0 Å². The fourth-order valence-electron chi connectivity index (χ4n) is 2.03. The van der Waals surface area contributed by atoms with Crippen molar-refractivity contribution >= 4 is 11.7 Å². The molecule has 0 bridgehead atoms. The summed E-state index contributed by atoms with van der Waals surface area (Å²) < 4.78 is 0. The number of amides is 1. The van der Waals surface area contributed by atoms with Crippen LogP contribution in [0.15, 0.2) is 18.3 Å². The highest BCUT2D eigenvalue weighted by Gasteiger charge is 2.23. The SMILES string of the molecule is N#Cc1ccc(N2CCC(C(N)=O)CC2)nc1. The molecule has 2 rings (SSSR count). The summed E-state index contributed by atoms with van der Waals surface area (Å²) in [6.45, 7) is 1.57. The zero-order chi connectivity index (χ0) is 12.3. The molecule has 1 amide bonds. The molecule has 1 aromatic rings. The Kier molecular flexibility index (Phi) is 3.24. The van der Waals surface area contributed by atoms with Crippen molar-refractivity contribution < 1.29 is 4.79 Å². The molecule has 0 atom stereocenters. The van der Waals surface area contributed by atoms with Gasteiger partial charge in [-0.25, -0.2) is 4.98 Å². The molecule has 5 nitrogen and oxygen atoms in total. The molecule has 1 saturated heterocycles. The minimum atomic E-state index is -0.211. The molecule has 2 N–H and O–H groups in total. The van der Waals surface area contributed by atoms with E-state index in [0.29, 0.717) is 5.56 Å². The fourth-order valence-corrected chi connectivity index (χ4v) is 2.03. The van der Waals surface area contributed by atoms with Crippen LogP contribution in [-0.4, -0.2) is 24.0 Å². The third-order valence-electron chi connectivity index (χ3n) is 3.10. The molecule has 0 aliphatic carbocycles. The minimum Gasteiger partial charge on any atom is -0.369 e. The number of primary amides is 1. The van der Waals surface area contributed by atoms with Gasteiger partial charge >= 0.3 is 0 Å². The van der Waals surface area contributed by atoms with Gasteiger partial charge in [0.05, 0.1) is 5.56 Å². The molecule has 1 aliphatic rings. The van der Waals surface area contributed by atoms with Gasteiger partial charge in [-0.1, -0.05) is 0 Å². The van der Waals surface area contributed by atoms with Gasteiger partial charge in [0.25, 0.3) is 0 Å². The number of piperidine rings is 1. The molecule has 0 spiro atoms. The average molecular weight is 230 g/mol. The van der Waals surface area contributed by atoms with E-state index in [1.807, 2.05) is 12.1 Å². The van der Waals surface area contributed by atoms with Gasteiger partial charge in [0.2, 0.25) is 5.91 Å². The van der Waals surface area contributed by atoms with Crippen LogP contribution in [0.1, 0.15) is 18.4 Å². The van der Waals surface area contributed by atoms with Gasteiger partial charge in [-0.15, -0.1) is 0 Å². The van der Waals surface area contributed by atoms with Crippen LogP contribution < -0.4 is 10.6 Å². The summed E-state index contributed by atoms with van der Waals surface area (Å²) >= 11 is 0. The molecule has 0 saturated carbocycles. The summed E-state index contributed by atoms with van der Waals surface area (Å²) in [6.07, 6.45) is 3.11. The summed E-state index contributed by atoms with van der Waals surface area (Å²) in [7, 11) is 0. The molecular formula is C12H14N4O. The van der Waals surface area contributed by atoms with Gasteiger partial charge in [0, 0.05) is 25.2 Å². The van der Waals surface area contributed by atoms with Crippen LogP contribution in [0.25, 0.3) is 0 Å². The first-order valence-electron chi connectivity index (χ1n) is 5.61. The maximum atomic E-state index is 11.0. The lowest BCUT2D eigenvalue weighted by Gasteiger charge is -2.31. The van der Waals surface area contributed by atoms with Crippen LogP contribution in [0.4, 0.5) is 5.82 Å². The minimum absolute atomic E-state index is 0.00960. The van der Waals surface area contributed by atoms with E-state index in [1.165, 1.54) is 0 Å². The van der Waals surface area contributed by atoms with Crippen molar-refractivity contribution in [3.05, 3.63) is 23.9 Å². The van der Waals surface area contributed by atoms with Gasteiger partial charge < -0.3 is 10.6 Å². The number of hydrogen-bond donors (Lipinski definition) is 1. The molecular weight excluding hydrogens is 216 g/mol. The number of aromatic nitrogens is 1. The second-order valence-electron chi connectivity index (χ2n) is 4.18. The van der Waals surface area contributed by atoms with Crippen molar-refractivity contribution in [3.63, 3.8) is 0 Å². The summed E-state index contributed by atoms with van der Waals surface area (Å²) in [5.74, 6) is 0.633. The third kappa shape index (κ3) is 2.53. The predicted molar refractivity (Wildman–Crippen MR) is 63.1 cm³/mol. The van der Waals surface area contributed by atoms with Crippen LogP contribution in [0.2, 0.25) is 0 Å². The van der Waals surface area contributed by atoms with Crippen LogP contribution >= 0.6 is 0 Å². The Labute approximate surface area is 99.9 Å². The lowest BCUT2D eigenvalue weighted by molar-refractivity contribution is -0.122. The Bertz CT molecular complexity index is 441. The standard InChI is InChI=1S/C12H14N4O/c13-7-9-1-2-11(15-8-9)16-5-3-10(4-6-16)12(14)17/h1-2,8,10H,3-6H2,(H2,14,17). The molecule has 0 radical (unpaired) electrons. The van der Waals surface area contributed by atoms with E-state index >= 15 is 0 Å². The van der Waals surface area contributed by atoms with Crippen LogP contribution in [0.5, 0.6) is 0 Å². The first kappa shape index (κ1) is 11.4. The van der Waals surface area contributed by atoms with E-state index in [9.17, 15) is 4.79 Å². The quantitative estimate of drug-likeness (QED) is 0.808. The van der Waals surface area contributed by atoms with Crippen molar-refractivity contribution in [1.82, 2.24) is 4.98 Å². The Morgan fingerprint density at radius 2 is 2.18 bits per heavy atom. The van der Waals surface area contributed by atoms with Crippen molar-refractivity contribution in [2.24, 2.45) is 11.7 Å². The van der Waals surface area contributed by atoms with Crippen molar-refractivity contribution in [3.8, 4) is 6.07 Å². The zero-order valence-electron chi connectivity index (χ0n) is 9.47. The van der Waals surface area contributed by atoms with E-state index in [-0.39, 0.29) is 11.8 Å². The van der Waals surface area contributed by atoms with Crippen molar-refractivity contribution in [1.29, 1.82) is 5.26 Å². The van der Waals surface area contributed by atoms with E-state index in [0.717, 1.165) is 31.7 Å². The van der Waals surface area contributed by atoms with Crippen molar-refractivity contribution in [2.45, 2.75) is 12.8 Å². The van der Waals surface area contributed by atoms with E-state index in [4.69, 9.17) is 11.0 Å². The van der Waals surface area contributed by atoms with E-state index in [2.05, 4.69) is 9.88 Å². The summed E-state index contributed by atoms with van der Waals surface area (Å²) in [5.41, 5.74) is 5.84. The Balaban J connectivity index is 2.00. The third-order valence-corrected chi connectivity index (χ3v) is 3.10. The van der Waals surface area contributed by atoms with E-state index < -0.39 is 0 Å². The van der Waals surface area contributed by atoms with Gasteiger partial charge in [-0.2, -0.15) is 5.26 Å². The van der Waals surface area contributed by atoms with Crippen LogP contribution in [0.3, 0.4) is 0 Å². The van der Waals surface area contributed by atoms with Crippen molar-refractivity contribution in [2.75, 3.05) is 18.0 Å². The number of carbonyl (C=O) groups is 1. The largest absolute Gasteiger partial charge is 0.369 e. The van der Waals surface area contributed by atoms with Crippen LogP contribution in [0, 0.1) is 17.2 Å². The highest BCUT2D eigenvalue weighted by Crippen LogP contribution is 2.21. The highest BCUT2D eigenvalue weighted by molar-refractivity contribution is 5.76. The Morgan fingerprint density at radius 3 is 2.65 bits per heavy atom. The second-order valence-corrected chi connectivity index (χ2v) is 4.18. The second kappa shape index (κ2) is 4.83. The molecule has 0 unspecified atom stereocenters. The number of nitrogens with two attached hydrogens (primary N) is 1. The zero-order valence-corrected chi connectivity index (χ0v) is 9.47.